The number of ether oxygens (including phenoxy) is 2. The molecule has 21 heavy (non-hydrogen) atoms. The topological polar surface area (TPSA) is 44.5 Å². The SMILES string of the molecule is CCCCCCCCCC(N)c1cc(OC)cc(OC)c1. The van der Waals surface area contributed by atoms with Crippen LogP contribution in [0.4, 0.5) is 0 Å². The van der Waals surface area contributed by atoms with Crippen molar-refractivity contribution in [3.63, 3.8) is 0 Å². The lowest BCUT2D eigenvalue weighted by atomic mass is 10.00. The van der Waals surface area contributed by atoms with Gasteiger partial charge >= 0.3 is 0 Å². The number of nitrogens with two attached hydrogens (primary N) is 1. The Hall–Kier alpha value is -1.22. The van der Waals surface area contributed by atoms with Crippen LogP contribution in [0.3, 0.4) is 0 Å². The number of unbranched alkanes of at least 4 members (excludes halogenated alkanes) is 6. The number of hydrogen-bond donors (Lipinski definition) is 1. The van der Waals surface area contributed by atoms with Gasteiger partial charge in [-0.15, -0.1) is 0 Å². The molecular formula is C18H31NO2. The van der Waals surface area contributed by atoms with E-state index in [4.69, 9.17) is 15.2 Å². The van der Waals surface area contributed by atoms with E-state index in [0.29, 0.717) is 0 Å². The van der Waals surface area contributed by atoms with Crippen molar-refractivity contribution in [1.29, 1.82) is 0 Å². The summed E-state index contributed by atoms with van der Waals surface area (Å²) in [4.78, 5) is 0. The maximum atomic E-state index is 6.29. The molecular weight excluding hydrogens is 262 g/mol. The Morgan fingerprint density at radius 3 is 1.90 bits per heavy atom. The lowest BCUT2D eigenvalue weighted by molar-refractivity contribution is 0.392. The molecule has 0 amide bonds. The van der Waals surface area contributed by atoms with Gasteiger partial charge in [0.15, 0.2) is 0 Å². The minimum absolute atomic E-state index is 0.0599. The van der Waals surface area contributed by atoms with Crippen LogP contribution in [-0.2, 0) is 0 Å². The molecule has 1 aromatic carbocycles. The number of benzene rings is 1. The Labute approximate surface area is 129 Å². The van der Waals surface area contributed by atoms with Crippen LogP contribution < -0.4 is 15.2 Å². The van der Waals surface area contributed by atoms with E-state index in [1.807, 2.05) is 18.2 Å². The smallest absolute Gasteiger partial charge is 0.122 e. The first-order chi connectivity index (χ1) is 10.2. The summed E-state index contributed by atoms with van der Waals surface area (Å²) in [6.45, 7) is 2.25. The molecule has 3 heteroatoms. The van der Waals surface area contributed by atoms with Crippen molar-refractivity contribution in [3.8, 4) is 11.5 Å². The Kier molecular flexibility index (Phi) is 8.91. The molecule has 1 atom stereocenters. The van der Waals surface area contributed by atoms with Crippen molar-refractivity contribution in [1.82, 2.24) is 0 Å². The molecule has 0 aliphatic rings. The van der Waals surface area contributed by atoms with Gasteiger partial charge in [-0.1, -0.05) is 51.9 Å². The van der Waals surface area contributed by atoms with Crippen molar-refractivity contribution >= 4 is 0 Å². The van der Waals surface area contributed by atoms with Crippen LogP contribution in [0.2, 0.25) is 0 Å². The van der Waals surface area contributed by atoms with Gasteiger partial charge in [-0.05, 0) is 24.1 Å². The van der Waals surface area contributed by atoms with E-state index in [2.05, 4.69) is 6.92 Å². The van der Waals surface area contributed by atoms with Gasteiger partial charge in [-0.2, -0.15) is 0 Å². The van der Waals surface area contributed by atoms with Gasteiger partial charge in [0.25, 0.3) is 0 Å². The Morgan fingerprint density at radius 2 is 1.38 bits per heavy atom. The second-order valence-electron chi connectivity index (χ2n) is 5.66. The predicted octanol–water partition coefficient (Wildman–Crippen LogP) is 4.84. The van der Waals surface area contributed by atoms with E-state index >= 15 is 0 Å². The van der Waals surface area contributed by atoms with E-state index in [0.717, 1.165) is 23.5 Å². The van der Waals surface area contributed by atoms with Crippen molar-refractivity contribution < 1.29 is 9.47 Å². The molecule has 120 valence electrons. The molecule has 0 fully saturated rings. The minimum atomic E-state index is 0.0599. The third-order valence-corrected chi connectivity index (χ3v) is 3.92. The van der Waals surface area contributed by atoms with Crippen molar-refractivity contribution in [3.05, 3.63) is 23.8 Å². The third kappa shape index (κ3) is 6.85. The highest BCUT2D eigenvalue weighted by atomic mass is 16.5. The predicted molar refractivity (Wildman–Crippen MR) is 89.1 cm³/mol. The molecule has 0 saturated carbocycles. The summed E-state index contributed by atoms with van der Waals surface area (Å²) in [6.07, 6.45) is 10.2. The fraction of sp³-hybridized carbons (Fsp3) is 0.667. The molecule has 0 aliphatic heterocycles. The van der Waals surface area contributed by atoms with E-state index in [-0.39, 0.29) is 6.04 Å². The van der Waals surface area contributed by atoms with E-state index < -0.39 is 0 Å². The van der Waals surface area contributed by atoms with Crippen LogP contribution in [0.15, 0.2) is 18.2 Å². The molecule has 0 spiro atoms. The van der Waals surface area contributed by atoms with Crippen LogP contribution in [0.5, 0.6) is 11.5 Å². The normalized spacial score (nSPS) is 12.2. The summed E-state index contributed by atoms with van der Waals surface area (Å²) in [5.74, 6) is 1.61. The zero-order valence-electron chi connectivity index (χ0n) is 13.9. The molecule has 0 heterocycles. The molecule has 0 aliphatic carbocycles. The lowest BCUT2D eigenvalue weighted by Gasteiger charge is -2.14. The highest BCUT2D eigenvalue weighted by Crippen LogP contribution is 2.27. The first-order valence-corrected chi connectivity index (χ1v) is 8.19. The first kappa shape index (κ1) is 17.8. The lowest BCUT2D eigenvalue weighted by Crippen LogP contribution is -2.10. The number of hydrogen-bond acceptors (Lipinski definition) is 3. The van der Waals surface area contributed by atoms with Crippen LogP contribution in [0.1, 0.15) is 69.9 Å². The summed E-state index contributed by atoms with van der Waals surface area (Å²) in [6, 6.07) is 5.96. The Bertz CT molecular complexity index is 371. The molecule has 0 saturated heterocycles. The highest BCUT2D eigenvalue weighted by Gasteiger charge is 2.09. The maximum absolute atomic E-state index is 6.29. The standard InChI is InChI=1S/C18H31NO2/c1-4-5-6-7-8-9-10-11-18(19)15-12-16(20-2)14-17(13-15)21-3/h12-14,18H,4-11,19H2,1-3H3. The second-order valence-corrected chi connectivity index (χ2v) is 5.66. The maximum Gasteiger partial charge on any atom is 0.122 e. The van der Waals surface area contributed by atoms with Crippen LogP contribution in [0, 0.1) is 0 Å². The van der Waals surface area contributed by atoms with Crippen LogP contribution in [-0.4, -0.2) is 14.2 Å². The van der Waals surface area contributed by atoms with Crippen molar-refractivity contribution in [2.75, 3.05) is 14.2 Å². The first-order valence-electron chi connectivity index (χ1n) is 8.19. The fourth-order valence-corrected chi connectivity index (χ4v) is 2.53. The Balaban J connectivity index is 2.36. The molecule has 0 radical (unpaired) electrons. The molecule has 3 nitrogen and oxygen atoms in total. The largest absolute Gasteiger partial charge is 0.497 e. The number of rotatable bonds is 11. The van der Waals surface area contributed by atoms with Gasteiger partial charge in [0, 0.05) is 12.1 Å². The zero-order chi connectivity index (χ0) is 15.5. The van der Waals surface area contributed by atoms with Crippen LogP contribution >= 0.6 is 0 Å². The van der Waals surface area contributed by atoms with Gasteiger partial charge in [-0.3, -0.25) is 0 Å². The monoisotopic (exact) mass is 293 g/mol. The van der Waals surface area contributed by atoms with Crippen molar-refractivity contribution in [2.24, 2.45) is 5.73 Å². The molecule has 1 unspecified atom stereocenters. The average Bonchev–Trinajstić information content (AvgIpc) is 2.53. The molecule has 0 aromatic heterocycles. The highest BCUT2D eigenvalue weighted by molar-refractivity contribution is 5.39. The van der Waals surface area contributed by atoms with Gasteiger partial charge in [-0.25, -0.2) is 0 Å². The molecule has 0 bridgehead atoms. The average molecular weight is 293 g/mol. The summed E-state index contributed by atoms with van der Waals surface area (Å²) < 4.78 is 10.6. The van der Waals surface area contributed by atoms with Gasteiger partial charge < -0.3 is 15.2 Å². The Morgan fingerprint density at radius 1 is 0.857 bits per heavy atom. The summed E-state index contributed by atoms with van der Waals surface area (Å²) >= 11 is 0. The minimum Gasteiger partial charge on any atom is -0.497 e. The third-order valence-electron chi connectivity index (χ3n) is 3.92. The molecule has 1 aromatic rings. The summed E-state index contributed by atoms with van der Waals surface area (Å²) in [7, 11) is 3.33. The molecule has 2 N–H and O–H groups in total. The van der Waals surface area contributed by atoms with E-state index in [1.165, 1.54) is 44.9 Å². The zero-order valence-corrected chi connectivity index (χ0v) is 13.9. The second kappa shape index (κ2) is 10.5. The van der Waals surface area contributed by atoms with Crippen molar-refractivity contribution in [2.45, 2.75) is 64.3 Å². The molecule has 1 rings (SSSR count). The van der Waals surface area contributed by atoms with Gasteiger partial charge in [0.1, 0.15) is 11.5 Å². The number of methoxy groups -OCH3 is 2. The van der Waals surface area contributed by atoms with E-state index in [1.54, 1.807) is 14.2 Å². The van der Waals surface area contributed by atoms with Gasteiger partial charge in [0.2, 0.25) is 0 Å². The summed E-state index contributed by atoms with van der Waals surface area (Å²) in [5, 5.41) is 0. The van der Waals surface area contributed by atoms with E-state index in [9.17, 15) is 0 Å². The fourth-order valence-electron chi connectivity index (χ4n) is 2.53. The summed E-state index contributed by atoms with van der Waals surface area (Å²) in [5.41, 5.74) is 7.39. The quantitative estimate of drug-likeness (QED) is 0.593. The van der Waals surface area contributed by atoms with Crippen LogP contribution in [0.25, 0.3) is 0 Å². The van der Waals surface area contributed by atoms with Gasteiger partial charge in [0.05, 0.1) is 14.2 Å².